The first-order valence-corrected chi connectivity index (χ1v) is 9.18. The van der Waals surface area contributed by atoms with Gasteiger partial charge in [0.15, 0.2) is 0 Å². The molecule has 6 nitrogen and oxygen atoms in total. The van der Waals surface area contributed by atoms with E-state index >= 15 is 0 Å². The molecule has 1 amide bonds. The Morgan fingerprint density at radius 2 is 1.62 bits per heavy atom. The van der Waals surface area contributed by atoms with E-state index in [9.17, 15) is 9.59 Å². The first-order valence-electron chi connectivity index (χ1n) is 9.18. The highest BCUT2D eigenvalue weighted by molar-refractivity contribution is 5.90. The Kier molecular flexibility index (Phi) is 5.07. The van der Waals surface area contributed by atoms with Crippen LogP contribution in [0.5, 0.6) is 11.5 Å². The van der Waals surface area contributed by atoms with Crippen LogP contribution in [0.2, 0.25) is 0 Å². The number of carbonyl (C=O) groups excluding carboxylic acids is 1. The molecule has 1 N–H and O–H groups in total. The Morgan fingerprint density at radius 1 is 0.966 bits per heavy atom. The van der Waals surface area contributed by atoms with Crippen molar-refractivity contribution in [3.05, 3.63) is 94.9 Å². The molecule has 0 aliphatic rings. The molecule has 29 heavy (non-hydrogen) atoms. The predicted molar refractivity (Wildman–Crippen MR) is 112 cm³/mol. The van der Waals surface area contributed by atoms with Crippen LogP contribution in [0.4, 0.5) is 5.69 Å². The smallest absolute Gasteiger partial charge is 0.275 e. The molecule has 144 valence electrons. The minimum absolute atomic E-state index is 0.161. The van der Waals surface area contributed by atoms with Gasteiger partial charge in [-0.1, -0.05) is 35.9 Å². The van der Waals surface area contributed by atoms with Crippen molar-refractivity contribution in [1.29, 1.82) is 0 Å². The highest BCUT2D eigenvalue weighted by Gasteiger charge is 2.09. The van der Waals surface area contributed by atoms with E-state index in [1.54, 1.807) is 42.6 Å². The maximum atomic E-state index is 12.5. The van der Waals surface area contributed by atoms with Crippen LogP contribution < -0.4 is 15.6 Å². The van der Waals surface area contributed by atoms with E-state index in [0.29, 0.717) is 16.8 Å². The van der Waals surface area contributed by atoms with Crippen molar-refractivity contribution in [1.82, 2.24) is 9.78 Å². The Hall–Kier alpha value is -3.93. The van der Waals surface area contributed by atoms with Crippen LogP contribution in [0, 0.1) is 6.92 Å². The second-order valence-electron chi connectivity index (χ2n) is 6.68. The number of hydrogen-bond donors (Lipinski definition) is 1. The number of carbonyl (C=O) groups is 1. The summed E-state index contributed by atoms with van der Waals surface area (Å²) in [7, 11) is 0. The molecule has 0 aliphatic heterocycles. The first-order chi connectivity index (χ1) is 14.1. The Balaban J connectivity index is 1.41. The number of aryl methyl sites for hydroxylation is 1. The van der Waals surface area contributed by atoms with Gasteiger partial charge in [-0.15, -0.1) is 0 Å². The highest BCUT2D eigenvalue weighted by atomic mass is 16.5. The second kappa shape index (κ2) is 7.98. The number of amides is 1. The number of anilines is 1. The first kappa shape index (κ1) is 18.4. The van der Waals surface area contributed by atoms with Gasteiger partial charge in [-0.25, -0.2) is 4.68 Å². The normalized spacial score (nSPS) is 10.7. The summed E-state index contributed by atoms with van der Waals surface area (Å²) in [6.45, 7) is 1.86. The van der Waals surface area contributed by atoms with Gasteiger partial charge in [0.25, 0.3) is 5.56 Å². The van der Waals surface area contributed by atoms with Crippen molar-refractivity contribution >= 4 is 22.4 Å². The summed E-state index contributed by atoms with van der Waals surface area (Å²) >= 11 is 0. The maximum absolute atomic E-state index is 12.5. The Morgan fingerprint density at radius 3 is 2.34 bits per heavy atom. The lowest BCUT2D eigenvalue weighted by atomic mass is 10.2. The molecule has 0 saturated heterocycles. The average Bonchev–Trinajstić information content (AvgIpc) is 2.73. The molecule has 4 aromatic rings. The molecule has 0 unspecified atom stereocenters. The van der Waals surface area contributed by atoms with Crippen LogP contribution >= 0.6 is 0 Å². The maximum Gasteiger partial charge on any atom is 0.275 e. The number of fused-ring (bicyclic) bond motifs is 1. The fourth-order valence-corrected chi connectivity index (χ4v) is 2.93. The zero-order chi connectivity index (χ0) is 20.2. The molecule has 0 atom stereocenters. The molecule has 0 spiro atoms. The summed E-state index contributed by atoms with van der Waals surface area (Å²) in [6, 6.07) is 22.0. The van der Waals surface area contributed by atoms with Crippen LogP contribution in [0.3, 0.4) is 0 Å². The van der Waals surface area contributed by atoms with E-state index < -0.39 is 0 Å². The van der Waals surface area contributed by atoms with Crippen molar-refractivity contribution in [3.8, 4) is 11.5 Å². The molecule has 0 bridgehead atoms. The zero-order valence-electron chi connectivity index (χ0n) is 15.8. The fraction of sp³-hybridized carbons (Fsp3) is 0.0870. The zero-order valence-corrected chi connectivity index (χ0v) is 15.8. The van der Waals surface area contributed by atoms with E-state index in [4.69, 9.17) is 4.74 Å². The number of nitrogens with zero attached hydrogens (tertiary/aromatic N) is 2. The van der Waals surface area contributed by atoms with Crippen LogP contribution in [0.25, 0.3) is 10.8 Å². The Labute approximate surface area is 167 Å². The molecular weight excluding hydrogens is 366 g/mol. The van der Waals surface area contributed by atoms with E-state index in [1.807, 2.05) is 43.3 Å². The monoisotopic (exact) mass is 385 g/mol. The summed E-state index contributed by atoms with van der Waals surface area (Å²) < 4.78 is 6.94. The summed E-state index contributed by atoms with van der Waals surface area (Å²) in [4.78, 5) is 24.8. The van der Waals surface area contributed by atoms with Crippen molar-refractivity contribution in [2.24, 2.45) is 0 Å². The molecule has 0 radical (unpaired) electrons. The standard InChI is InChI=1S/C23H19N3O3/c1-16-6-10-19(11-7-16)29-20-12-8-18(9-13-20)25-22(27)15-26-23(28)21-5-3-2-4-17(21)14-24-26/h2-14H,15H2,1H3,(H,25,27). The van der Waals surface area contributed by atoms with Gasteiger partial charge in [0, 0.05) is 11.1 Å². The molecule has 6 heteroatoms. The fourth-order valence-electron chi connectivity index (χ4n) is 2.93. The van der Waals surface area contributed by atoms with E-state index in [2.05, 4.69) is 10.4 Å². The van der Waals surface area contributed by atoms with Crippen molar-refractivity contribution < 1.29 is 9.53 Å². The van der Waals surface area contributed by atoms with Gasteiger partial charge < -0.3 is 10.1 Å². The molecular formula is C23H19N3O3. The average molecular weight is 385 g/mol. The largest absolute Gasteiger partial charge is 0.457 e. The van der Waals surface area contributed by atoms with Crippen molar-refractivity contribution in [2.45, 2.75) is 13.5 Å². The lowest BCUT2D eigenvalue weighted by Gasteiger charge is -2.09. The third kappa shape index (κ3) is 4.32. The molecule has 0 fully saturated rings. The molecule has 3 aromatic carbocycles. The lowest BCUT2D eigenvalue weighted by molar-refractivity contribution is -0.117. The second-order valence-corrected chi connectivity index (χ2v) is 6.68. The van der Waals surface area contributed by atoms with E-state index in [-0.39, 0.29) is 18.0 Å². The van der Waals surface area contributed by atoms with Gasteiger partial charge in [0.2, 0.25) is 5.91 Å². The number of nitrogens with one attached hydrogen (secondary N) is 1. The van der Waals surface area contributed by atoms with Gasteiger partial charge >= 0.3 is 0 Å². The summed E-state index contributed by atoms with van der Waals surface area (Å²) in [5.41, 5.74) is 1.48. The number of rotatable bonds is 5. The van der Waals surface area contributed by atoms with Gasteiger partial charge in [-0.05, 0) is 49.4 Å². The summed E-state index contributed by atoms with van der Waals surface area (Å²) in [6.07, 6.45) is 1.58. The summed E-state index contributed by atoms with van der Waals surface area (Å²) in [5.74, 6) is 1.08. The van der Waals surface area contributed by atoms with Crippen LogP contribution in [0.15, 0.2) is 83.8 Å². The third-order valence-corrected chi connectivity index (χ3v) is 4.45. The van der Waals surface area contributed by atoms with Crippen LogP contribution in [0.1, 0.15) is 5.56 Å². The van der Waals surface area contributed by atoms with Gasteiger partial charge in [0.1, 0.15) is 18.0 Å². The highest BCUT2D eigenvalue weighted by Crippen LogP contribution is 2.23. The predicted octanol–water partition coefficient (Wildman–Crippen LogP) is 4.14. The molecule has 0 aliphatic carbocycles. The number of aromatic nitrogens is 2. The van der Waals surface area contributed by atoms with Gasteiger partial charge in [-0.3, -0.25) is 9.59 Å². The molecule has 1 aromatic heterocycles. The lowest BCUT2D eigenvalue weighted by Crippen LogP contribution is -2.29. The number of ether oxygens (including phenoxy) is 1. The van der Waals surface area contributed by atoms with E-state index in [1.165, 1.54) is 0 Å². The van der Waals surface area contributed by atoms with Gasteiger partial charge in [0.05, 0.1) is 11.6 Å². The third-order valence-electron chi connectivity index (χ3n) is 4.45. The van der Waals surface area contributed by atoms with Gasteiger partial charge in [-0.2, -0.15) is 5.10 Å². The minimum atomic E-state index is -0.331. The SMILES string of the molecule is Cc1ccc(Oc2ccc(NC(=O)Cn3ncc4ccccc4c3=O)cc2)cc1. The number of hydrogen-bond acceptors (Lipinski definition) is 4. The molecule has 4 rings (SSSR count). The van der Waals surface area contributed by atoms with Crippen LogP contribution in [-0.2, 0) is 11.3 Å². The van der Waals surface area contributed by atoms with E-state index in [0.717, 1.165) is 21.4 Å². The Bertz CT molecular complexity index is 1210. The van der Waals surface area contributed by atoms with Crippen molar-refractivity contribution in [3.63, 3.8) is 0 Å². The van der Waals surface area contributed by atoms with Crippen LogP contribution in [-0.4, -0.2) is 15.7 Å². The number of benzene rings is 3. The molecule has 0 saturated carbocycles. The quantitative estimate of drug-likeness (QED) is 0.560. The topological polar surface area (TPSA) is 73.2 Å². The van der Waals surface area contributed by atoms with Crippen molar-refractivity contribution in [2.75, 3.05) is 5.32 Å². The summed E-state index contributed by atoms with van der Waals surface area (Å²) in [5, 5.41) is 8.13. The molecule has 1 heterocycles. The minimum Gasteiger partial charge on any atom is -0.457 e.